The van der Waals surface area contributed by atoms with Crippen molar-refractivity contribution in [1.82, 2.24) is 0 Å². The molecule has 0 aliphatic carbocycles. The van der Waals surface area contributed by atoms with Crippen LogP contribution in [-0.4, -0.2) is 0 Å². The highest BCUT2D eigenvalue weighted by atomic mass is 19.1. The molecule has 1 rings (SSSR count). The third-order valence-corrected chi connectivity index (χ3v) is 1.97. The predicted octanol–water partition coefficient (Wildman–Crippen LogP) is 4.14. The van der Waals surface area contributed by atoms with Crippen LogP contribution in [0.15, 0.2) is 30.1 Å². The zero-order chi connectivity index (χ0) is 9.84. The maximum Gasteiger partial charge on any atom is 0.0974 e. The molecule has 70 valence electrons. The average Bonchev–Trinajstić information content (AvgIpc) is 2.04. The van der Waals surface area contributed by atoms with Crippen LogP contribution in [0.1, 0.15) is 37.8 Å². The molecule has 1 aromatic carbocycles. The Morgan fingerprint density at radius 3 is 2.15 bits per heavy atom. The number of halogens is 1. The molecule has 0 aromatic heterocycles. The fourth-order valence-corrected chi connectivity index (χ4v) is 1.21. The minimum absolute atomic E-state index is 0.155. The van der Waals surface area contributed by atoms with Crippen LogP contribution in [-0.2, 0) is 0 Å². The van der Waals surface area contributed by atoms with E-state index < -0.39 is 0 Å². The molecule has 0 aliphatic rings. The Morgan fingerprint density at radius 1 is 1.23 bits per heavy atom. The molecular formula is C12H15F. The number of hydrogen-bond donors (Lipinski definition) is 0. The standard InChI is InChI=1S/C12H15F/c1-9(2)12-6-4-11(5-7-12)8-10(3)13/h4-9H,1-3H3/b10-8+. The first-order chi connectivity index (χ1) is 6.09. The third-order valence-electron chi connectivity index (χ3n) is 1.97. The van der Waals surface area contributed by atoms with Crippen molar-refractivity contribution in [1.29, 1.82) is 0 Å². The molecule has 0 atom stereocenters. The molecule has 1 heteroatoms. The minimum Gasteiger partial charge on any atom is -0.212 e. The lowest BCUT2D eigenvalue weighted by atomic mass is 10.0. The van der Waals surface area contributed by atoms with E-state index in [0.717, 1.165) is 5.56 Å². The monoisotopic (exact) mass is 178 g/mol. The Bertz CT molecular complexity index is 289. The molecule has 13 heavy (non-hydrogen) atoms. The summed E-state index contributed by atoms with van der Waals surface area (Å²) < 4.78 is 12.5. The molecule has 0 bridgehead atoms. The summed E-state index contributed by atoms with van der Waals surface area (Å²) >= 11 is 0. The van der Waals surface area contributed by atoms with Crippen molar-refractivity contribution in [3.8, 4) is 0 Å². The quantitative estimate of drug-likeness (QED) is 0.638. The number of benzene rings is 1. The van der Waals surface area contributed by atoms with E-state index in [-0.39, 0.29) is 5.83 Å². The Kier molecular flexibility index (Phi) is 3.24. The van der Waals surface area contributed by atoms with Gasteiger partial charge in [0.15, 0.2) is 0 Å². The lowest BCUT2D eigenvalue weighted by molar-refractivity contribution is 0.648. The summed E-state index contributed by atoms with van der Waals surface area (Å²) in [6.45, 7) is 5.74. The van der Waals surface area contributed by atoms with Gasteiger partial charge < -0.3 is 0 Å². The molecule has 0 aliphatic heterocycles. The van der Waals surface area contributed by atoms with Crippen molar-refractivity contribution < 1.29 is 4.39 Å². The summed E-state index contributed by atoms with van der Waals surface area (Å²) in [6.07, 6.45) is 1.53. The second-order valence-corrected chi connectivity index (χ2v) is 3.55. The van der Waals surface area contributed by atoms with Gasteiger partial charge in [0.1, 0.15) is 0 Å². The summed E-state index contributed by atoms with van der Waals surface area (Å²) in [5, 5.41) is 0. The second kappa shape index (κ2) is 4.22. The van der Waals surface area contributed by atoms with E-state index >= 15 is 0 Å². The first-order valence-corrected chi connectivity index (χ1v) is 4.53. The molecule has 0 amide bonds. The molecule has 0 N–H and O–H groups in total. The molecule has 0 saturated carbocycles. The average molecular weight is 178 g/mol. The van der Waals surface area contributed by atoms with E-state index in [0.29, 0.717) is 5.92 Å². The van der Waals surface area contributed by atoms with Crippen LogP contribution in [0, 0.1) is 0 Å². The number of hydrogen-bond acceptors (Lipinski definition) is 0. The van der Waals surface area contributed by atoms with Crippen LogP contribution < -0.4 is 0 Å². The second-order valence-electron chi connectivity index (χ2n) is 3.55. The number of rotatable bonds is 2. The van der Waals surface area contributed by atoms with E-state index in [9.17, 15) is 4.39 Å². The SMILES string of the molecule is C/C(F)=C\c1ccc(C(C)C)cc1. The molecule has 0 unspecified atom stereocenters. The van der Waals surface area contributed by atoms with Crippen molar-refractivity contribution in [3.63, 3.8) is 0 Å². The summed E-state index contributed by atoms with van der Waals surface area (Å²) in [5.74, 6) is 0.377. The van der Waals surface area contributed by atoms with Gasteiger partial charge in [0.2, 0.25) is 0 Å². The van der Waals surface area contributed by atoms with E-state index in [1.54, 1.807) is 0 Å². The Morgan fingerprint density at radius 2 is 1.77 bits per heavy atom. The van der Waals surface area contributed by atoms with Crippen LogP contribution in [0.4, 0.5) is 4.39 Å². The van der Waals surface area contributed by atoms with E-state index in [4.69, 9.17) is 0 Å². The minimum atomic E-state index is -0.155. The van der Waals surface area contributed by atoms with Gasteiger partial charge in [-0.2, -0.15) is 0 Å². The van der Waals surface area contributed by atoms with Crippen molar-refractivity contribution >= 4 is 6.08 Å². The van der Waals surface area contributed by atoms with Crippen LogP contribution in [0.3, 0.4) is 0 Å². The highest BCUT2D eigenvalue weighted by Crippen LogP contribution is 2.16. The van der Waals surface area contributed by atoms with E-state index in [2.05, 4.69) is 13.8 Å². The fraction of sp³-hybridized carbons (Fsp3) is 0.333. The summed E-state index contributed by atoms with van der Waals surface area (Å²) in [5.41, 5.74) is 2.21. The molecule has 0 heterocycles. The Balaban J connectivity index is 2.88. The molecule has 0 spiro atoms. The van der Waals surface area contributed by atoms with Gasteiger partial charge in [-0.15, -0.1) is 0 Å². The normalized spacial score (nSPS) is 12.2. The van der Waals surface area contributed by atoms with Crippen LogP contribution in [0.2, 0.25) is 0 Å². The van der Waals surface area contributed by atoms with Crippen LogP contribution >= 0.6 is 0 Å². The molecule has 0 saturated heterocycles. The topological polar surface area (TPSA) is 0 Å². The maximum absolute atomic E-state index is 12.5. The van der Waals surface area contributed by atoms with Gasteiger partial charge in [0.25, 0.3) is 0 Å². The first kappa shape index (κ1) is 9.97. The molecule has 0 fully saturated rings. The van der Waals surface area contributed by atoms with Crippen molar-refractivity contribution in [2.75, 3.05) is 0 Å². The zero-order valence-corrected chi connectivity index (χ0v) is 8.34. The van der Waals surface area contributed by atoms with Crippen LogP contribution in [0.25, 0.3) is 6.08 Å². The molecule has 1 aromatic rings. The fourth-order valence-electron chi connectivity index (χ4n) is 1.21. The molecular weight excluding hydrogens is 163 g/mol. The van der Waals surface area contributed by atoms with Gasteiger partial charge in [-0.25, -0.2) is 4.39 Å². The predicted molar refractivity (Wildman–Crippen MR) is 55.3 cm³/mol. The van der Waals surface area contributed by atoms with Gasteiger partial charge in [-0.1, -0.05) is 38.1 Å². The van der Waals surface area contributed by atoms with Crippen molar-refractivity contribution in [2.45, 2.75) is 26.7 Å². The summed E-state index contributed by atoms with van der Waals surface area (Å²) in [7, 11) is 0. The van der Waals surface area contributed by atoms with Gasteiger partial charge in [0, 0.05) is 0 Å². The highest BCUT2D eigenvalue weighted by Gasteiger charge is 1.97. The van der Waals surface area contributed by atoms with E-state index in [1.807, 2.05) is 24.3 Å². The number of allylic oxidation sites excluding steroid dienone is 1. The molecule has 0 radical (unpaired) electrons. The summed E-state index contributed by atoms with van der Waals surface area (Å²) in [4.78, 5) is 0. The van der Waals surface area contributed by atoms with E-state index in [1.165, 1.54) is 18.6 Å². The lowest BCUT2D eigenvalue weighted by Gasteiger charge is -2.04. The lowest BCUT2D eigenvalue weighted by Crippen LogP contribution is -1.85. The van der Waals surface area contributed by atoms with Crippen molar-refractivity contribution in [2.24, 2.45) is 0 Å². The largest absolute Gasteiger partial charge is 0.212 e. The van der Waals surface area contributed by atoms with Gasteiger partial charge in [0.05, 0.1) is 5.83 Å². The highest BCUT2D eigenvalue weighted by molar-refractivity contribution is 5.51. The maximum atomic E-state index is 12.5. The van der Waals surface area contributed by atoms with Crippen molar-refractivity contribution in [3.05, 3.63) is 41.2 Å². The first-order valence-electron chi connectivity index (χ1n) is 4.53. The third kappa shape index (κ3) is 3.02. The Hall–Kier alpha value is -1.11. The Labute approximate surface area is 79.1 Å². The summed E-state index contributed by atoms with van der Waals surface area (Å²) in [6, 6.07) is 7.97. The van der Waals surface area contributed by atoms with Gasteiger partial charge >= 0.3 is 0 Å². The smallest absolute Gasteiger partial charge is 0.0974 e. The zero-order valence-electron chi connectivity index (χ0n) is 8.34. The van der Waals surface area contributed by atoms with Crippen LogP contribution in [0.5, 0.6) is 0 Å². The van der Waals surface area contributed by atoms with Gasteiger partial charge in [-0.3, -0.25) is 0 Å². The van der Waals surface area contributed by atoms with Gasteiger partial charge in [-0.05, 0) is 30.0 Å². The molecule has 0 nitrogen and oxygen atoms in total.